The van der Waals surface area contributed by atoms with Crippen LogP contribution in [-0.4, -0.2) is 19.6 Å². The van der Waals surface area contributed by atoms with Crippen LogP contribution in [0.2, 0.25) is 0 Å². The summed E-state index contributed by atoms with van der Waals surface area (Å²) in [5.74, 6) is -0.320. The number of hydrogen-bond donors (Lipinski definition) is 1. The van der Waals surface area contributed by atoms with Gasteiger partial charge in [0, 0.05) is 28.4 Å². The van der Waals surface area contributed by atoms with Crippen LogP contribution in [0.3, 0.4) is 0 Å². The Balaban J connectivity index is 1.45. The summed E-state index contributed by atoms with van der Waals surface area (Å²) in [5, 5.41) is 12.6. The summed E-state index contributed by atoms with van der Waals surface area (Å²) < 4.78 is 80.6. The van der Waals surface area contributed by atoms with E-state index < -0.39 is 36.3 Å². The third-order valence-electron chi connectivity index (χ3n) is 12.4. The third-order valence-corrected chi connectivity index (χ3v) is 12.4. The van der Waals surface area contributed by atoms with Gasteiger partial charge in [0.2, 0.25) is 0 Å². The molecule has 0 aliphatic heterocycles. The van der Waals surface area contributed by atoms with Gasteiger partial charge in [-0.3, -0.25) is 9.55 Å². The average Bonchev–Trinajstić information content (AvgIpc) is 3.70. The lowest BCUT2D eigenvalue weighted by atomic mass is 9.79. The van der Waals surface area contributed by atoms with E-state index in [2.05, 4.69) is 106 Å². The zero-order chi connectivity index (χ0) is 54.5. The van der Waals surface area contributed by atoms with Crippen molar-refractivity contribution in [2.75, 3.05) is 0 Å². The second-order valence-electron chi connectivity index (χ2n) is 21.1. The zero-order valence-electron chi connectivity index (χ0n) is 49.2. The van der Waals surface area contributed by atoms with Crippen LogP contribution >= 0.6 is 0 Å². The third kappa shape index (κ3) is 9.06. The molecule has 0 spiro atoms. The molecule has 1 N–H and O–H groups in total. The average molecular weight is 867 g/mol. The van der Waals surface area contributed by atoms with Gasteiger partial charge in [0.1, 0.15) is 11.6 Å². The summed E-state index contributed by atoms with van der Waals surface area (Å²) in [4.78, 5) is 10.3. The summed E-state index contributed by atoms with van der Waals surface area (Å²) in [6, 6.07) is 29.2. The van der Waals surface area contributed by atoms with Crippen LogP contribution in [0.4, 0.5) is 0 Å². The summed E-state index contributed by atoms with van der Waals surface area (Å²) >= 11 is 0. The molecule has 0 saturated heterocycles. The molecule has 0 fully saturated rings. The second kappa shape index (κ2) is 16.9. The number of benzene rings is 6. The molecule has 0 bridgehead atoms. The quantitative estimate of drug-likeness (QED) is 0.166. The lowest BCUT2D eigenvalue weighted by molar-refractivity contribution is 0.446. The Morgan fingerprint density at radius 1 is 0.615 bits per heavy atom. The first-order valence-electron chi connectivity index (χ1n) is 27.1. The highest BCUT2D eigenvalue weighted by molar-refractivity contribution is 5.97. The first-order chi connectivity index (χ1) is 34.2. The van der Waals surface area contributed by atoms with Crippen LogP contribution in [-0.2, 0) is 16.2 Å². The molecule has 4 nitrogen and oxygen atoms in total. The van der Waals surface area contributed by atoms with Gasteiger partial charge in [0.15, 0.2) is 0 Å². The smallest absolute Gasteiger partial charge is 0.149 e. The number of pyridine rings is 1. The number of fused-ring (bicyclic) bond motifs is 1. The molecule has 6 aromatic carbocycles. The summed E-state index contributed by atoms with van der Waals surface area (Å²) in [6.45, 7) is 24.2. The highest BCUT2D eigenvalue weighted by atomic mass is 16.3. The highest BCUT2D eigenvalue weighted by Gasteiger charge is 2.29. The molecule has 0 unspecified atom stereocenters. The fraction of sp³-hybridized carbons (Fsp3) is 0.311. The zero-order valence-corrected chi connectivity index (χ0v) is 40.2. The predicted octanol–water partition coefficient (Wildman–Crippen LogP) is 16.9. The number of nitrogens with zero attached hydrogens (tertiary/aromatic N) is 3. The van der Waals surface area contributed by atoms with E-state index in [-0.39, 0.29) is 45.7 Å². The Kier molecular flexibility index (Phi) is 9.14. The molecule has 0 atom stereocenters. The van der Waals surface area contributed by atoms with Gasteiger partial charge in [-0.05, 0) is 139 Å². The van der Waals surface area contributed by atoms with Crippen molar-refractivity contribution >= 4 is 11.0 Å². The lowest BCUT2D eigenvalue weighted by Gasteiger charge is -2.27. The lowest BCUT2D eigenvalue weighted by Crippen LogP contribution is -2.17. The molecule has 2 aromatic heterocycles. The van der Waals surface area contributed by atoms with Crippen LogP contribution < -0.4 is 0 Å². The van der Waals surface area contributed by atoms with Gasteiger partial charge in [-0.15, -0.1) is 0 Å². The van der Waals surface area contributed by atoms with E-state index in [1.165, 1.54) is 0 Å². The number of hydrogen-bond acceptors (Lipinski definition) is 3. The molecular weight excluding hydrogens is 791 g/mol. The topological polar surface area (TPSA) is 50.9 Å². The van der Waals surface area contributed by atoms with E-state index in [9.17, 15) is 5.11 Å². The van der Waals surface area contributed by atoms with Crippen molar-refractivity contribution < 1.29 is 17.4 Å². The van der Waals surface area contributed by atoms with Crippen LogP contribution in [0.5, 0.6) is 5.75 Å². The Morgan fingerprint density at radius 3 is 1.95 bits per heavy atom. The van der Waals surface area contributed by atoms with Gasteiger partial charge < -0.3 is 5.11 Å². The number of imidazole rings is 1. The maximum atomic E-state index is 12.6. The van der Waals surface area contributed by atoms with E-state index in [0.29, 0.717) is 44.9 Å². The summed E-state index contributed by atoms with van der Waals surface area (Å²) in [7, 11) is 0. The first-order valence-corrected chi connectivity index (χ1v) is 22.6. The predicted molar refractivity (Wildman–Crippen MR) is 277 cm³/mol. The number of aromatic hydroxyl groups is 1. The van der Waals surface area contributed by atoms with Gasteiger partial charge >= 0.3 is 0 Å². The van der Waals surface area contributed by atoms with E-state index >= 15 is 0 Å². The standard InChI is InChI=1S/C61H67N3O/c1-37(2)43-28-44(38(3)4)30-45(29-43)41-23-24-54(39(5)27-41)64-55-22-18-21-50(56(55)63-58(64)51-35-49(60(9,10)11)36-52(57(51)65)61(12,13)14)46-31-47(33-48(32-46)59(6,7)8)53-34-42(25-26-62-53)40-19-16-15-17-20-40/h15-38,65H,1-14H3/i5D3,15D,16D,17D,19D,20D,37D. The van der Waals surface area contributed by atoms with Crippen molar-refractivity contribution in [2.24, 2.45) is 0 Å². The number of phenols is 1. The van der Waals surface area contributed by atoms with E-state index in [1.807, 2.05) is 66.9 Å². The molecule has 8 aromatic rings. The number of aromatic nitrogens is 3. The summed E-state index contributed by atoms with van der Waals surface area (Å²) in [6.07, 6.45) is 1.58. The van der Waals surface area contributed by atoms with Crippen molar-refractivity contribution in [3.8, 4) is 67.5 Å². The second-order valence-corrected chi connectivity index (χ2v) is 21.1. The fourth-order valence-corrected chi connectivity index (χ4v) is 8.42. The van der Waals surface area contributed by atoms with Gasteiger partial charge in [-0.2, -0.15) is 0 Å². The maximum absolute atomic E-state index is 12.6. The van der Waals surface area contributed by atoms with Crippen molar-refractivity contribution in [1.29, 1.82) is 0 Å². The number of phenolic OH excluding ortho intramolecular Hbond substituents is 1. The molecule has 0 amide bonds. The fourth-order valence-electron chi connectivity index (χ4n) is 8.42. The highest BCUT2D eigenvalue weighted by Crippen LogP contribution is 2.45. The Labute approximate surface area is 401 Å². The van der Waals surface area contributed by atoms with Crippen molar-refractivity contribution in [3.63, 3.8) is 0 Å². The molecule has 65 heavy (non-hydrogen) atoms. The minimum atomic E-state index is -2.61. The molecule has 0 saturated carbocycles. The van der Waals surface area contributed by atoms with Crippen LogP contribution in [0.1, 0.15) is 148 Å². The Bertz CT molecular complexity index is 3490. The SMILES string of the molecule is [2H]c1c([2H])c([2H])c(-c2ccnc(-c3cc(-c4cccc5c4nc(-c4cc(C(C)(C)C)cc(C(C)(C)C)c4O)n5-c4ccc(-c5cc(C(C)C)cc(C([2H])(C)C)c5)cc4C([2H])([2H])[2H])cc(C(C)(C)C)c3)c2)c([2H])c1[2H]. The van der Waals surface area contributed by atoms with Crippen LogP contribution in [0.25, 0.3) is 72.7 Å². The van der Waals surface area contributed by atoms with Crippen molar-refractivity contribution in [3.05, 3.63) is 167 Å². The van der Waals surface area contributed by atoms with Crippen molar-refractivity contribution in [2.45, 2.75) is 125 Å². The van der Waals surface area contributed by atoms with E-state index in [4.69, 9.17) is 22.3 Å². The Morgan fingerprint density at radius 2 is 1.29 bits per heavy atom. The van der Waals surface area contributed by atoms with Crippen molar-refractivity contribution in [1.82, 2.24) is 14.5 Å². The number of aryl methyl sites for hydroxylation is 1. The maximum Gasteiger partial charge on any atom is 0.149 e. The summed E-state index contributed by atoms with van der Waals surface area (Å²) in [5.41, 5.74) is 10.2. The number of rotatable bonds is 8. The molecule has 0 aliphatic rings. The van der Waals surface area contributed by atoms with E-state index in [1.54, 1.807) is 24.4 Å². The van der Waals surface area contributed by atoms with E-state index in [0.717, 1.165) is 50.1 Å². The molecule has 8 rings (SSSR count). The van der Waals surface area contributed by atoms with Gasteiger partial charge in [-0.1, -0.05) is 169 Å². The molecule has 0 radical (unpaired) electrons. The number of para-hydroxylation sites is 1. The normalized spacial score (nSPS) is 14.8. The van der Waals surface area contributed by atoms with Crippen LogP contribution in [0.15, 0.2) is 133 Å². The van der Waals surface area contributed by atoms with Gasteiger partial charge in [-0.25, -0.2) is 4.98 Å². The molecule has 4 heteroatoms. The monoisotopic (exact) mass is 867 g/mol. The van der Waals surface area contributed by atoms with Gasteiger partial charge in [0.05, 0.1) is 34.8 Å². The van der Waals surface area contributed by atoms with Gasteiger partial charge in [0.25, 0.3) is 0 Å². The molecule has 332 valence electrons. The Hall–Kier alpha value is -6.26. The largest absolute Gasteiger partial charge is 0.507 e. The molecular formula is C61H67N3O. The minimum Gasteiger partial charge on any atom is -0.507 e. The first kappa shape index (κ1) is 35.1. The van der Waals surface area contributed by atoms with Crippen LogP contribution in [0, 0.1) is 6.85 Å². The molecule has 0 aliphatic carbocycles. The molecule has 2 heterocycles. The minimum absolute atomic E-state index is 0.0498.